The number of thioether (sulfide) groups is 1. The highest BCUT2D eigenvalue weighted by Gasteiger charge is 2.15. The van der Waals surface area contributed by atoms with Crippen LogP contribution in [0.4, 0.5) is 5.69 Å². The minimum Gasteiger partial charge on any atom is -0.497 e. The number of anilines is 1. The second-order valence-corrected chi connectivity index (χ2v) is 8.74. The molecular weight excluding hydrogens is 440 g/mol. The number of ether oxygens (including phenoxy) is 1. The minimum atomic E-state index is -0.288. The van der Waals surface area contributed by atoms with Gasteiger partial charge in [-0.25, -0.2) is 4.98 Å². The Labute approximate surface area is 184 Å². The number of nitrogens with zero attached hydrogens (tertiary/aromatic N) is 2. The first-order valence-electron chi connectivity index (χ1n) is 8.83. The molecule has 0 radical (unpaired) electrons. The molecule has 0 aliphatic carbocycles. The van der Waals surface area contributed by atoms with Crippen molar-refractivity contribution in [2.45, 2.75) is 5.16 Å². The van der Waals surface area contributed by atoms with Crippen LogP contribution in [0.2, 0.25) is 0 Å². The Morgan fingerprint density at radius 1 is 1.27 bits per heavy atom. The van der Waals surface area contributed by atoms with Gasteiger partial charge in [-0.15, -0.1) is 0 Å². The minimum absolute atomic E-state index is 0.105. The highest BCUT2D eigenvalue weighted by molar-refractivity contribution is 7.99. The number of methoxy groups -OCH3 is 1. The van der Waals surface area contributed by atoms with Crippen LogP contribution >= 0.6 is 35.3 Å². The van der Waals surface area contributed by atoms with E-state index < -0.39 is 0 Å². The number of H-pyrrole nitrogens is 1. The molecule has 0 saturated heterocycles. The normalized spacial score (nSPS) is 10.8. The van der Waals surface area contributed by atoms with E-state index in [1.807, 2.05) is 54.6 Å². The molecule has 2 N–H and O–H groups in total. The number of amides is 1. The van der Waals surface area contributed by atoms with Gasteiger partial charge >= 0.3 is 0 Å². The van der Waals surface area contributed by atoms with Gasteiger partial charge in [0.05, 0.1) is 18.6 Å². The van der Waals surface area contributed by atoms with Crippen LogP contribution in [0, 0.1) is 3.95 Å². The van der Waals surface area contributed by atoms with Crippen LogP contribution in [0.5, 0.6) is 5.75 Å². The van der Waals surface area contributed by atoms with E-state index in [1.54, 1.807) is 11.7 Å². The largest absolute Gasteiger partial charge is 0.497 e. The van der Waals surface area contributed by atoms with Gasteiger partial charge < -0.3 is 15.0 Å². The monoisotopic (exact) mass is 456 g/mol. The zero-order valence-electron chi connectivity index (χ0n) is 15.7. The number of fused-ring (bicyclic) bond motifs is 1. The van der Waals surface area contributed by atoms with Crippen LogP contribution in [0.15, 0.2) is 64.5 Å². The van der Waals surface area contributed by atoms with Crippen molar-refractivity contribution in [3.63, 3.8) is 0 Å². The molecule has 0 aliphatic heterocycles. The first kappa shape index (κ1) is 20.3. The third kappa shape index (κ3) is 4.30. The summed E-state index contributed by atoms with van der Waals surface area (Å²) in [5, 5.41) is 3.15. The smallest absolute Gasteiger partial charge is 0.271 e. The van der Waals surface area contributed by atoms with Crippen LogP contribution < -0.4 is 15.6 Å². The van der Waals surface area contributed by atoms with Crippen molar-refractivity contribution in [1.29, 1.82) is 0 Å². The SMILES string of the molecule is COc1cccc(-n2c(=S)sc3c(=O)[nH]c(SCC(=O)Nc4ccccc4)nc32)c1. The molecule has 1 amide bonds. The highest BCUT2D eigenvalue weighted by Crippen LogP contribution is 2.26. The third-order valence-corrected chi connectivity index (χ3v) is 6.37. The van der Waals surface area contributed by atoms with Gasteiger partial charge in [0.2, 0.25) is 5.91 Å². The van der Waals surface area contributed by atoms with Crippen molar-refractivity contribution in [3.8, 4) is 11.4 Å². The summed E-state index contributed by atoms with van der Waals surface area (Å²) in [5.41, 5.74) is 1.63. The van der Waals surface area contributed by atoms with Crippen molar-refractivity contribution >= 4 is 57.3 Å². The molecule has 0 atom stereocenters. The fourth-order valence-corrected chi connectivity index (χ4v) is 4.72. The zero-order valence-corrected chi connectivity index (χ0v) is 18.2. The first-order chi connectivity index (χ1) is 14.5. The van der Waals surface area contributed by atoms with Crippen LogP contribution in [-0.4, -0.2) is 33.3 Å². The summed E-state index contributed by atoms with van der Waals surface area (Å²) in [4.78, 5) is 32.1. The zero-order chi connectivity index (χ0) is 21.1. The van der Waals surface area contributed by atoms with Gasteiger partial charge in [-0.3, -0.25) is 14.2 Å². The van der Waals surface area contributed by atoms with E-state index in [0.29, 0.717) is 30.9 Å². The molecule has 4 aromatic rings. The molecule has 0 bridgehead atoms. The van der Waals surface area contributed by atoms with Crippen LogP contribution in [0.1, 0.15) is 0 Å². The van der Waals surface area contributed by atoms with E-state index in [4.69, 9.17) is 17.0 Å². The quantitative estimate of drug-likeness (QED) is 0.256. The lowest BCUT2D eigenvalue weighted by molar-refractivity contribution is -0.113. The molecule has 2 heterocycles. The molecule has 0 saturated carbocycles. The number of thiazole rings is 1. The van der Waals surface area contributed by atoms with Gasteiger partial charge in [-0.2, -0.15) is 0 Å². The molecule has 152 valence electrons. The van der Waals surface area contributed by atoms with Crippen LogP contribution in [-0.2, 0) is 4.79 Å². The number of rotatable bonds is 6. The summed E-state index contributed by atoms with van der Waals surface area (Å²) in [6.07, 6.45) is 0. The van der Waals surface area contributed by atoms with Crippen molar-refractivity contribution < 1.29 is 9.53 Å². The number of hydrogen-bond donors (Lipinski definition) is 2. The molecule has 7 nitrogen and oxygen atoms in total. The average Bonchev–Trinajstić information content (AvgIpc) is 3.09. The topological polar surface area (TPSA) is 89.0 Å². The summed E-state index contributed by atoms with van der Waals surface area (Å²) >= 11 is 7.82. The number of carbonyl (C=O) groups is 1. The number of nitrogens with one attached hydrogen (secondary N) is 2. The Morgan fingerprint density at radius 2 is 2.07 bits per heavy atom. The maximum Gasteiger partial charge on any atom is 0.271 e. The van der Waals surface area contributed by atoms with Crippen molar-refractivity contribution in [2.75, 3.05) is 18.2 Å². The molecule has 2 aromatic carbocycles. The molecule has 0 aliphatic rings. The number of aromatic amines is 1. The maximum absolute atomic E-state index is 12.6. The van der Waals surface area contributed by atoms with E-state index in [0.717, 1.165) is 17.4 Å². The summed E-state index contributed by atoms with van der Waals surface area (Å²) in [7, 11) is 1.59. The van der Waals surface area contributed by atoms with E-state index in [-0.39, 0.29) is 17.2 Å². The van der Waals surface area contributed by atoms with Crippen molar-refractivity contribution in [1.82, 2.24) is 14.5 Å². The van der Waals surface area contributed by atoms with Crippen molar-refractivity contribution in [3.05, 3.63) is 68.9 Å². The highest BCUT2D eigenvalue weighted by atomic mass is 32.2. The molecule has 30 heavy (non-hydrogen) atoms. The number of carbonyl (C=O) groups excluding carboxylic acids is 1. The second-order valence-electron chi connectivity index (χ2n) is 6.13. The van der Waals surface area contributed by atoms with Crippen molar-refractivity contribution in [2.24, 2.45) is 0 Å². The number of aromatic nitrogens is 3. The lowest BCUT2D eigenvalue weighted by Gasteiger charge is -2.07. The molecular formula is C20H16N4O3S3. The standard InChI is InChI=1S/C20H16N4O3S3/c1-27-14-9-5-8-13(10-14)24-17-16(30-20(24)28)18(26)23-19(22-17)29-11-15(25)21-12-6-3-2-4-7-12/h2-10H,11H2,1H3,(H,21,25)(H,22,23,26). The van der Waals surface area contributed by atoms with Gasteiger partial charge in [0, 0.05) is 11.8 Å². The molecule has 0 spiro atoms. The first-order valence-corrected chi connectivity index (χ1v) is 11.0. The van der Waals surface area contributed by atoms with Gasteiger partial charge in [0.25, 0.3) is 5.56 Å². The third-order valence-electron chi connectivity index (χ3n) is 4.13. The van der Waals surface area contributed by atoms with Gasteiger partial charge in [-0.1, -0.05) is 47.4 Å². The van der Waals surface area contributed by atoms with E-state index in [1.165, 1.54) is 11.3 Å². The summed E-state index contributed by atoms with van der Waals surface area (Å²) in [6.45, 7) is 0. The van der Waals surface area contributed by atoms with Gasteiger partial charge in [-0.05, 0) is 36.5 Å². The second kappa shape index (κ2) is 8.82. The maximum atomic E-state index is 12.6. The Bertz CT molecular complexity index is 1330. The predicted molar refractivity (Wildman–Crippen MR) is 123 cm³/mol. The number of benzene rings is 2. The fraction of sp³-hybridized carbons (Fsp3) is 0.100. The lowest BCUT2D eigenvalue weighted by Crippen LogP contribution is -2.15. The average molecular weight is 457 g/mol. The Morgan fingerprint density at radius 3 is 2.83 bits per heavy atom. The van der Waals surface area contributed by atoms with Gasteiger partial charge in [0.15, 0.2) is 14.8 Å². The predicted octanol–water partition coefficient (Wildman–Crippen LogP) is 4.24. The van der Waals surface area contributed by atoms with E-state index in [9.17, 15) is 9.59 Å². The summed E-state index contributed by atoms with van der Waals surface area (Å²) < 4.78 is 7.95. The fourth-order valence-electron chi connectivity index (χ4n) is 2.79. The number of hydrogen-bond acceptors (Lipinski definition) is 7. The summed E-state index contributed by atoms with van der Waals surface area (Å²) in [5.74, 6) is 0.586. The molecule has 4 rings (SSSR count). The van der Waals surface area contributed by atoms with Crippen LogP contribution in [0.3, 0.4) is 0 Å². The Hall–Kier alpha value is -2.95. The molecule has 0 unspecified atom stereocenters. The molecule has 10 heteroatoms. The lowest BCUT2D eigenvalue weighted by atomic mass is 10.3. The molecule has 2 aromatic heterocycles. The van der Waals surface area contributed by atoms with E-state index in [2.05, 4.69) is 15.3 Å². The van der Waals surface area contributed by atoms with Crippen LogP contribution in [0.25, 0.3) is 16.0 Å². The molecule has 0 fully saturated rings. The van der Waals surface area contributed by atoms with Gasteiger partial charge in [0.1, 0.15) is 10.4 Å². The summed E-state index contributed by atoms with van der Waals surface area (Å²) in [6, 6.07) is 16.5. The Kier molecular flexibility index (Phi) is 5.98. The Balaban J connectivity index is 1.63. The van der Waals surface area contributed by atoms with E-state index >= 15 is 0 Å². The number of para-hydroxylation sites is 1.